The molecule has 1 fully saturated rings. The Morgan fingerprint density at radius 3 is 2.50 bits per heavy atom. The molecule has 4 nitrogen and oxygen atoms in total. The van der Waals surface area contributed by atoms with Crippen LogP contribution in [0.2, 0.25) is 0 Å². The molecule has 0 N–H and O–H groups in total. The fraction of sp³-hybridized carbons (Fsp3) is 0.368. The van der Waals surface area contributed by atoms with Gasteiger partial charge in [0.25, 0.3) is 0 Å². The van der Waals surface area contributed by atoms with E-state index in [1.54, 1.807) is 19.2 Å². The van der Waals surface area contributed by atoms with E-state index in [0.29, 0.717) is 10.9 Å². The van der Waals surface area contributed by atoms with Gasteiger partial charge in [0, 0.05) is 24.4 Å². The van der Waals surface area contributed by atoms with Gasteiger partial charge in [0.15, 0.2) is 9.84 Å². The van der Waals surface area contributed by atoms with Crippen LogP contribution in [0.15, 0.2) is 53.4 Å². The Balaban J connectivity index is 1.79. The third-order valence-electron chi connectivity index (χ3n) is 4.60. The second kappa shape index (κ2) is 6.95. The monoisotopic (exact) mass is 345 g/mol. The number of rotatable bonds is 5. The molecule has 1 saturated heterocycles. The summed E-state index contributed by atoms with van der Waals surface area (Å²) in [5, 5.41) is 0. The highest BCUT2D eigenvalue weighted by molar-refractivity contribution is 7.90. The van der Waals surface area contributed by atoms with Gasteiger partial charge >= 0.3 is 0 Å². The molecule has 1 aliphatic heterocycles. The fourth-order valence-corrected chi connectivity index (χ4v) is 4.02. The number of hydrogen-bond acceptors (Lipinski definition) is 4. The average molecular weight is 345 g/mol. The van der Waals surface area contributed by atoms with Crippen LogP contribution in [0.4, 0.5) is 0 Å². The van der Waals surface area contributed by atoms with Crippen molar-refractivity contribution in [1.29, 1.82) is 0 Å². The van der Waals surface area contributed by atoms with E-state index in [0.717, 1.165) is 37.2 Å². The maximum atomic E-state index is 11.6. The first-order valence-corrected chi connectivity index (χ1v) is 10.0. The van der Waals surface area contributed by atoms with Gasteiger partial charge in [-0.2, -0.15) is 0 Å². The molecule has 0 unspecified atom stereocenters. The highest BCUT2D eigenvalue weighted by Gasteiger charge is 2.28. The summed E-state index contributed by atoms with van der Waals surface area (Å²) in [5.74, 6) is 0.932. The third-order valence-corrected chi connectivity index (χ3v) is 5.73. The zero-order chi connectivity index (χ0) is 17.2. The van der Waals surface area contributed by atoms with Gasteiger partial charge in [-0.25, -0.2) is 8.42 Å². The lowest BCUT2D eigenvalue weighted by Gasteiger charge is -2.26. The van der Waals surface area contributed by atoms with E-state index in [1.807, 2.05) is 24.3 Å². The van der Waals surface area contributed by atoms with E-state index in [9.17, 15) is 8.42 Å². The Morgan fingerprint density at radius 2 is 1.83 bits per heavy atom. The first-order chi connectivity index (χ1) is 11.5. The van der Waals surface area contributed by atoms with Gasteiger partial charge in [-0.05, 0) is 43.1 Å². The first kappa shape index (κ1) is 17.0. The molecule has 0 saturated carbocycles. The normalized spacial score (nSPS) is 18.7. The Bertz CT molecular complexity index is 800. The molecule has 1 aliphatic rings. The van der Waals surface area contributed by atoms with Gasteiger partial charge < -0.3 is 4.74 Å². The van der Waals surface area contributed by atoms with E-state index in [-0.39, 0.29) is 0 Å². The zero-order valence-corrected chi connectivity index (χ0v) is 14.9. The topological polar surface area (TPSA) is 46.6 Å². The molecule has 2 aromatic rings. The molecule has 0 aliphatic carbocycles. The van der Waals surface area contributed by atoms with Crippen LogP contribution in [0.1, 0.15) is 30.0 Å². The van der Waals surface area contributed by atoms with Crippen LogP contribution >= 0.6 is 0 Å². The number of para-hydroxylation sites is 1. The van der Waals surface area contributed by atoms with Crippen LogP contribution in [-0.2, 0) is 16.4 Å². The van der Waals surface area contributed by atoms with Gasteiger partial charge in [0.1, 0.15) is 5.75 Å². The van der Waals surface area contributed by atoms with E-state index >= 15 is 0 Å². The SMILES string of the molecule is COc1ccccc1[C@H]1CCCN1Cc1ccc(S(C)(=O)=O)cc1. The number of sulfone groups is 1. The molecule has 0 radical (unpaired) electrons. The standard InChI is InChI=1S/C19H23NO3S/c1-23-19-8-4-3-6-17(19)18-7-5-13-20(18)14-15-9-11-16(12-10-15)24(2,21)22/h3-4,6,8-12,18H,5,7,13-14H2,1-2H3/t18-/m1/s1. The smallest absolute Gasteiger partial charge is 0.175 e. The molecular weight excluding hydrogens is 322 g/mol. The summed E-state index contributed by atoms with van der Waals surface area (Å²) in [6.07, 6.45) is 3.51. The van der Waals surface area contributed by atoms with Crippen LogP contribution in [0.25, 0.3) is 0 Å². The molecular formula is C19H23NO3S. The molecule has 24 heavy (non-hydrogen) atoms. The van der Waals surface area contributed by atoms with E-state index in [1.165, 1.54) is 11.8 Å². The fourth-order valence-electron chi connectivity index (χ4n) is 3.39. The van der Waals surface area contributed by atoms with Gasteiger partial charge in [-0.3, -0.25) is 4.90 Å². The number of benzene rings is 2. The maximum Gasteiger partial charge on any atom is 0.175 e. The Labute approximate surface area is 144 Å². The Hall–Kier alpha value is -1.85. The minimum Gasteiger partial charge on any atom is -0.496 e. The van der Waals surface area contributed by atoms with Crippen LogP contribution in [0, 0.1) is 0 Å². The molecule has 0 aromatic heterocycles. The minimum atomic E-state index is -3.14. The minimum absolute atomic E-state index is 0.343. The number of methoxy groups -OCH3 is 1. The molecule has 0 amide bonds. The summed E-state index contributed by atoms with van der Waals surface area (Å²) in [7, 11) is -1.43. The molecule has 5 heteroatoms. The van der Waals surface area contributed by atoms with Crippen molar-refractivity contribution in [2.45, 2.75) is 30.3 Å². The lowest BCUT2D eigenvalue weighted by Crippen LogP contribution is -2.23. The molecule has 0 bridgehead atoms. The summed E-state index contributed by atoms with van der Waals surface area (Å²) in [6, 6.07) is 15.7. The van der Waals surface area contributed by atoms with Crippen LogP contribution in [0.5, 0.6) is 5.75 Å². The second-order valence-corrected chi connectivity index (χ2v) is 8.30. The van der Waals surface area contributed by atoms with Crippen LogP contribution in [-0.4, -0.2) is 33.2 Å². The van der Waals surface area contributed by atoms with Crippen molar-refractivity contribution in [2.75, 3.05) is 19.9 Å². The van der Waals surface area contributed by atoms with Crippen molar-refractivity contribution < 1.29 is 13.2 Å². The van der Waals surface area contributed by atoms with Crippen LogP contribution < -0.4 is 4.74 Å². The quantitative estimate of drug-likeness (QED) is 0.833. The van der Waals surface area contributed by atoms with Crippen molar-refractivity contribution in [1.82, 2.24) is 4.90 Å². The highest BCUT2D eigenvalue weighted by atomic mass is 32.2. The molecule has 1 heterocycles. The molecule has 1 atom stereocenters. The number of likely N-dealkylation sites (tertiary alicyclic amines) is 1. The van der Waals surface area contributed by atoms with Crippen molar-refractivity contribution >= 4 is 9.84 Å². The molecule has 128 valence electrons. The lowest BCUT2D eigenvalue weighted by atomic mass is 10.0. The van der Waals surface area contributed by atoms with Crippen molar-refractivity contribution in [3.8, 4) is 5.75 Å². The maximum absolute atomic E-state index is 11.6. The van der Waals surface area contributed by atoms with Gasteiger partial charge in [0.2, 0.25) is 0 Å². The number of ether oxygens (including phenoxy) is 1. The largest absolute Gasteiger partial charge is 0.496 e. The summed E-state index contributed by atoms with van der Waals surface area (Å²) >= 11 is 0. The van der Waals surface area contributed by atoms with Gasteiger partial charge in [-0.1, -0.05) is 30.3 Å². The summed E-state index contributed by atoms with van der Waals surface area (Å²) in [6.45, 7) is 1.85. The first-order valence-electron chi connectivity index (χ1n) is 8.15. The van der Waals surface area contributed by atoms with Crippen molar-refractivity contribution in [3.05, 3.63) is 59.7 Å². The number of nitrogens with zero attached hydrogens (tertiary/aromatic N) is 1. The molecule has 3 rings (SSSR count). The van der Waals surface area contributed by atoms with Gasteiger partial charge in [-0.15, -0.1) is 0 Å². The summed E-state index contributed by atoms with van der Waals surface area (Å²) < 4.78 is 28.7. The lowest BCUT2D eigenvalue weighted by molar-refractivity contribution is 0.243. The van der Waals surface area contributed by atoms with E-state index < -0.39 is 9.84 Å². The van der Waals surface area contributed by atoms with Crippen molar-refractivity contribution in [2.24, 2.45) is 0 Å². The Morgan fingerprint density at radius 1 is 1.12 bits per heavy atom. The molecule has 0 spiro atoms. The van der Waals surface area contributed by atoms with Crippen LogP contribution in [0.3, 0.4) is 0 Å². The predicted octanol–water partition coefficient (Wildman–Crippen LogP) is 3.44. The zero-order valence-electron chi connectivity index (χ0n) is 14.1. The summed E-state index contributed by atoms with van der Waals surface area (Å²) in [5.41, 5.74) is 2.36. The molecule has 2 aromatic carbocycles. The third kappa shape index (κ3) is 3.62. The van der Waals surface area contributed by atoms with Gasteiger partial charge in [0.05, 0.1) is 12.0 Å². The average Bonchev–Trinajstić information content (AvgIpc) is 3.02. The Kier molecular flexibility index (Phi) is 4.92. The predicted molar refractivity (Wildman–Crippen MR) is 94.9 cm³/mol. The highest BCUT2D eigenvalue weighted by Crippen LogP contribution is 2.37. The van der Waals surface area contributed by atoms with E-state index in [4.69, 9.17) is 4.74 Å². The number of hydrogen-bond donors (Lipinski definition) is 0. The van der Waals surface area contributed by atoms with E-state index in [2.05, 4.69) is 17.0 Å². The summed E-state index contributed by atoms with van der Waals surface area (Å²) in [4.78, 5) is 2.81. The van der Waals surface area contributed by atoms with Crippen molar-refractivity contribution in [3.63, 3.8) is 0 Å². The second-order valence-electron chi connectivity index (χ2n) is 6.29.